The summed E-state index contributed by atoms with van der Waals surface area (Å²) in [4.78, 5) is 17.5. The Morgan fingerprint density at radius 2 is 2.00 bits per heavy atom. The first-order valence-corrected chi connectivity index (χ1v) is 9.10. The van der Waals surface area contributed by atoms with Crippen LogP contribution in [0.25, 0.3) is 10.9 Å². The molecule has 3 aromatic rings. The van der Waals surface area contributed by atoms with Crippen molar-refractivity contribution in [1.82, 2.24) is 10.4 Å². The van der Waals surface area contributed by atoms with Gasteiger partial charge < -0.3 is 4.74 Å². The van der Waals surface area contributed by atoms with Crippen LogP contribution < -0.4 is 10.2 Å². The molecule has 1 aromatic heterocycles. The fourth-order valence-corrected chi connectivity index (χ4v) is 3.26. The Morgan fingerprint density at radius 1 is 1.19 bits per heavy atom. The Bertz CT molecular complexity index is 951. The number of benzene rings is 2. The van der Waals surface area contributed by atoms with Gasteiger partial charge in [0, 0.05) is 22.0 Å². The van der Waals surface area contributed by atoms with E-state index >= 15 is 0 Å². The van der Waals surface area contributed by atoms with Crippen LogP contribution in [0.1, 0.15) is 12.5 Å². The minimum Gasteiger partial charge on any atom is -0.497 e. The topological polar surface area (TPSA) is 63.6 Å². The van der Waals surface area contributed by atoms with E-state index in [2.05, 4.69) is 15.5 Å². The number of ether oxygens (including phenoxy) is 1. The molecule has 0 spiro atoms. The molecule has 1 N–H and O–H groups in total. The number of amides is 1. The van der Waals surface area contributed by atoms with Gasteiger partial charge in [0.15, 0.2) is 0 Å². The van der Waals surface area contributed by atoms with Gasteiger partial charge in [-0.15, -0.1) is 11.8 Å². The van der Waals surface area contributed by atoms with E-state index in [9.17, 15) is 4.79 Å². The normalized spacial score (nSPS) is 11.4. The molecule has 0 fully saturated rings. The highest BCUT2D eigenvalue weighted by molar-refractivity contribution is 8.00. The molecule has 0 bridgehead atoms. The third-order valence-corrected chi connectivity index (χ3v) is 4.84. The maximum absolute atomic E-state index is 12.1. The Hall–Kier alpha value is -2.86. The number of hydrogen-bond acceptors (Lipinski definition) is 5. The lowest BCUT2D eigenvalue weighted by Gasteiger charge is -2.06. The molecule has 5 nitrogen and oxygen atoms in total. The van der Waals surface area contributed by atoms with E-state index in [1.54, 1.807) is 13.3 Å². The molecule has 0 aliphatic carbocycles. The number of aromatic nitrogens is 1. The van der Waals surface area contributed by atoms with Crippen LogP contribution in [0.2, 0.25) is 0 Å². The molecule has 0 saturated heterocycles. The second kappa shape index (κ2) is 8.49. The predicted octanol–water partition coefficient (Wildman–Crippen LogP) is 3.88. The van der Waals surface area contributed by atoms with E-state index in [-0.39, 0.29) is 11.7 Å². The van der Waals surface area contributed by atoms with Crippen LogP contribution in [0.3, 0.4) is 0 Å². The van der Waals surface area contributed by atoms with Gasteiger partial charge in [-0.3, -0.25) is 9.78 Å². The molecule has 0 aliphatic rings. The summed E-state index contributed by atoms with van der Waals surface area (Å²) in [5.41, 5.74) is 5.13. The lowest BCUT2D eigenvalue weighted by molar-refractivity contribution is -0.118. The maximum atomic E-state index is 12.1. The number of thioether (sulfide) groups is 1. The molecule has 0 atom stereocenters. The first-order valence-electron chi connectivity index (χ1n) is 8.11. The Morgan fingerprint density at radius 3 is 2.85 bits per heavy atom. The van der Waals surface area contributed by atoms with Crippen LogP contribution in [0, 0.1) is 0 Å². The first kappa shape index (κ1) is 17.9. The van der Waals surface area contributed by atoms with E-state index in [4.69, 9.17) is 4.74 Å². The van der Waals surface area contributed by atoms with E-state index in [0.717, 1.165) is 27.1 Å². The number of nitrogens with zero attached hydrogens (tertiary/aromatic N) is 2. The Balaban J connectivity index is 1.61. The van der Waals surface area contributed by atoms with Crippen molar-refractivity contribution < 1.29 is 9.53 Å². The minimum absolute atomic E-state index is 0.162. The smallest absolute Gasteiger partial charge is 0.250 e. The number of hydrazone groups is 1. The molecule has 0 radical (unpaired) electrons. The van der Waals surface area contributed by atoms with Gasteiger partial charge in [-0.25, -0.2) is 5.43 Å². The standard InChI is InChI=1S/C20H19N3O2S/c1-14(16-7-3-9-17(12-16)25-2)22-23-19(24)13-26-18-10-4-6-15-8-5-11-21-20(15)18/h3-12H,13H2,1-2H3,(H,23,24)/b22-14-. The van der Waals surface area contributed by atoms with E-state index in [1.807, 2.05) is 61.5 Å². The second-order valence-electron chi connectivity index (χ2n) is 5.58. The van der Waals surface area contributed by atoms with Gasteiger partial charge in [0.2, 0.25) is 5.91 Å². The van der Waals surface area contributed by atoms with Crippen molar-refractivity contribution in [3.05, 3.63) is 66.4 Å². The fraction of sp³-hybridized carbons (Fsp3) is 0.150. The van der Waals surface area contributed by atoms with Crippen LogP contribution in [0.4, 0.5) is 0 Å². The summed E-state index contributed by atoms with van der Waals surface area (Å²) in [6.07, 6.45) is 1.76. The van der Waals surface area contributed by atoms with Crippen molar-refractivity contribution >= 4 is 34.3 Å². The van der Waals surface area contributed by atoms with Crippen molar-refractivity contribution in [3.8, 4) is 5.75 Å². The van der Waals surface area contributed by atoms with Crippen LogP contribution in [-0.4, -0.2) is 29.5 Å². The lowest BCUT2D eigenvalue weighted by Crippen LogP contribution is -2.21. The molecular weight excluding hydrogens is 346 g/mol. The number of pyridine rings is 1. The quantitative estimate of drug-likeness (QED) is 0.409. The largest absolute Gasteiger partial charge is 0.497 e. The van der Waals surface area contributed by atoms with E-state index in [0.29, 0.717) is 5.71 Å². The zero-order valence-corrected chi connectivity index (χ0v) is 15.4. The summed E-state index contributed by atoms with van der Waals surface area (Å²) in [6.45, 7) is 1.84. The molecular formula is C20H19N3O2S. The highest BCUT2D eigenvalue weighted by atomic mass is 32.2. The number of fused-ring (bicyclic) bond motifs is 1. The number of methoxy groups -OCH3 is 1. The fourth-order valence-electron chi connectivity index (χ4n) is 2.43. The SMILES string of the molecule is COc1cccc(/C(C)=N\NC(=O)CSc2cccc3cccnc23)c1. The number of rotatable bonds is 6. The molecule has 1 amide bonds. The molecule has 0 aliphatic heterocycles. The Kier molecular flexibility index (Phi) is 5.86. The minimum atomic E-state index is -0.162. The monoisotopic (exact) mass is 365 g/mol. The van der Waals surface area contributed by atoms with Crippen molar-refractivity contribution in [2.75, 3.05) is 12.9 Å². The Labute approximate surface area is 156 Å². The number of carbonyl (C=O) groups is 1. The summed E-state index contributed by atoms with van der Waals surface area (Å²) in [5.74, 6) is 0.859. The average molecular weight is 365 g/mol. The van der Waals surface area contributed by atoms with Crippen molar-refractivity contribution in [2.24, 2.45) is 5.10 Å². The lowest BCUT2D eigenvalue weighted by atomic mass is 10.1. The summed E-state index contributed by atoms with van der Waals surface area (Å²) < 4.78 is 5.20. The van der Waals surface area contributed by atoms with Gasteiger partial charge in [0.1, 0.15) is 5.75 Å². The highest BCUT2D eigenvalue weighted by Gasteiger charge is 2.07. The summed E-state index contributed by atoms with van der Waals surface area (Å²) in [6, 6.07) is 17.4. The molecule has 132 valence electrons. The summed E-state index contributed by atoms with van der Waals surface area (Å²) in [7, 11) is 1.62. The predicted molar refractivity (Wildman–Crippen MR) is 106 cm³/mol. The molecule has 0 saturated carbocycles. The van der Waals surface area contributed by atoms with Crippen LogP contribution in [0.5, 0.6) is 5.75 Å². The van der Waals surface area contributed by atoms with Crippen molar-refractivity contribution in [2.45, 2.75) is 11.8 Å². The third kappa shape index (κ3) is 4.40. The summed E-state index contributed by atoms with van der Waals surface area (Å²) >= 11 is 1.45. The van der Waals surface area contributed by atoms with Gasteiger partial charge in [0.25, 0.3) is 0 Å². The zero-order valence-electron chi connectivity index (χ0n) is 14.6. The highest BCUT2D eigenvalue weighted by Crippen LogP contribution is 2.25. The van der Waals surface area contributed by atoms with Gasteiger partial charge in [-0.2, -0.15) is 5.10 Å². The van der Waals surface area contributed by atoms with Gasteiger partial charge in [-0.05, 0) is 31.2 Å². The number of hydrogen-bond donors (Lipinski definition) is 1. The first-order chi connectivity index (χ1) is 12.7. The summed E-state index contributed by atoms with van der Waals surface area (Å²) in [5, 5.41) is 5.24. The molecule has 2 aromatic carbocycles. The maximum Gasteiger partial charge on any atom is 0.250 e. The zero-order chi connectivity index (χ0) is 18.4. The van der Waals surface area contributed by atoms with Crippen molar-refractivity contribution in [3.63, 3.8) is 0 Å². The van der Waals surface area contributed by atoms with Gasteiger partial charge >= 0.3 is 0 Å². The van der Waals surface area contributed by atoms with E-state index < -0.39 is 0 Å². The van der Waals surface area contributed by atoms with Crippen molar-refractivity contribution in [1.29, 1.82) is 0 Å². The average Bonchev–Trinajstić information content (AvgIpc) is 2.70. The molecule has 1 heterocycles. The molecule has 26 heavy (non-hydrogen) atoms. The van der Waals surface area contributed by atoms with Crippen LogP contribution >= 0.6 is 11.8 Å². The number of carbonyl (C=O) groups excluding carboxylic acids is 1. The van der Waals surface area contributed by atoms with Gasteiger partial charge in [-0.1, -0.05) is 30.3 Å². The van der Waals surface area contributed by atoms with E-state index in [1.165, 1.54) is 11.8 Å². The number of para-hydroxylation sites is 1. The van der Waals surface area contributed by atoms with Crippen LogP contribution in [0.15, 0.2) is 70.8 Å². The molecule has 0 unspecified atom stereocenters. The number of nitrogens with one attached hydrogen (secondary N) is 1. The molecule has 3 rings (SSSR count). The van der Waals surface area contributed by atoms with Crippen LogP contribution in [-0.2, 0) is 4.79 Å². The third-order valence-electron chi connectivity index (χ3n) is 3.79. The second-order valence-corrected chi connectivity index (χ2v) is 6.60. The van der Waals surface area contributed by atoms with Gasteiger partial charge in [0.05, 0.1) is 24.1 Å². The molecule has 6 heteroatoms.